The first-order valence-electron chi connectivity index (χ1n) is 12.8. The highest BCUT2D eigenvalue weighted by atomic mass is 16.5. The number of benzene rings is 2. The molecule has 2 aliphatic heterocycles. The van der Waals surface area contributed by atoms with Gasteiger partial charge in [-0.05, 0) is 45.7 Å². The van der Waals surface area contributed by atoms with Crippen LogP contribution >= 0.6 is 0 Å². The van der Waals surface area contributed by atoms with Crippen LogP contribution in [0.15, 0.2) is 67.4 Å². The van der Waals surface area contributed by atoms with Crippen molar-refractivity contribution in [3.8, 4) is 11.9 Å². The van der Waals surface area contributed by atoms with Gasteiger partial charge in [0.2, 0.25) is 5.88 Å². The molecule has 0 saturated carbocycles. The minimum Gasteiger partial charge on any atom is -0.477 e. The van der Waals surface area contributed by atoms with E-state index in [0.717, 1.165) is 47.1 Å². The fourth-order valence-corrected chi connectivity index (χ4v) is 6.54. The van der Waals surface area contributed by atoms with E-state index in [0.29, 0.717) is 23.9 Å². The molecule has 6 heteroatoms. The van der Waals surface area contributed by atoms with Gasteiger partial charge in [0.1, 0.15) is 5.82 Å². The summed E-state index contributed by atoms with van der Waals surface area (Å²) >= 11 is 0. The van der Waals surface area contributed by atoms with Gasteiger partial charge in [-0.15, -0.1) is 6.58 Å². The lowest BCUT2D eigenvalue weighted by Gasteiger charge is -2.40. The molecule has 190 valence electrons. The van der Waals surface area contributed by atoms with Gasteiger partial charge in [0.15, 0.2) is 0 Å². The summed E-state index contributed by atoms with van der Waals surface area (Å²) in [5.74, 6) is 1.48. The molecule has 2 fully saturated rings. The standard InChI is InChI=1S/C31H34N4O2/c1-7-26-29(21(3)35(6)27-13-12-23(19-32)24-10-8-9-11-25(24)27)30(5)14-15-31(26,37-30)16-17-36-28-18-20(2)33-22(4)34-28/h7-13,18,26,29H,1,3,14-17H2,2,4-6H3/t26-,29+,30-,31-/m1/s1. The Labute approximate surface area is 219 Å². The summed E-state index contributed by atoms with van der Waals surface area (Å²) in [4.78, 5) is 10.9. The molecule has 2 bridgehead atoms. The maximum atomic E-state index is 9.59. The highest BCUT2D eigenvalue weighted by Gasteiger charge is 2.64. The summed E-state index contributed by atoms with van der Waals surface area (Å²) in [5, 5.41) is 11.6. The largest absolute Gasteiger partial charge is 0.477 e. The second-order valence-electron chi connectivity index (χ2n) is 10.6. The Balaban J connectivity index is 1.40. The smallest absolute Gasteiger partial charge is 0.216 e. The zero-order chi connectivity index (χ0) is 26.4. The van der Waals surface area contributed by atoms with Crippen LogP contribution < -0.4 is 9.64 Å². The topological polar surface area (TPSA) is 71.3 Å². The molecule has 0 amide bonds. The number of aromatic nitrogens is 2. The third kappa shape index (κ3) is 4.18. The van der Waals surface area contributed by atoms with Gasteiger partial charge in [0, 0.05) is 59.2 Å². The third-order valence-corrected chi connectivity index (χ3v) is 8.25. The van der Waals surface area contributed by atoms with Gasteiger partial charge in [-0.1, -0.05) is 36.9 Å². The molecular weight excluding hydrogens is 460 g/mol. The Hall–Kier alpha value is -3.69. The van der Waals surface area contributed by atoms with Crippen LogP contribution in [0.2, 0.25) is 0 Å². The number of nitrogens with zero attached hydrogens (tertiary/aromatic N) is 4. The monoisotopic (exact) mass is 494 g/mol. The Morgan fingerprint density at radius 3 is 2.68 bits per heavy atom. The first-order chi connectivity index (χ1) is 17.7. The van der Waals surface area contributed by atoms with Crippen molar-refractivity contribution in [1.29, 1.82) is 5.26 Å². The molecule has 1 aromatic heterocycles. The molecule has 0 spiro atoms. The van der Waals surface area contributed by atoms with Crippen LogP contribution in [0.25, 0.3) is 10.8 Å². The molecule has 0 radical (unpaired) electrons. The summed E-state index contributed by atoms with van der Waals surface area (Å²) in [6, 6.07) is 16.1. The number of aryl methyl sites for hydroxylation is 2. The van der Waals surface area contributed by atoms with E-state index in [9.17, 15) is 5.26 Å². The average Bonchev–Trinajstić information content (AvgIpc) is 3.35. The van der Waals surface area contributed by atoms with E-state index in [4.69, 9.17) is 9.47 Å². The number of anilines is 1. The molecule has 0 aliphatic carbocycles. The highest BCUT2D eigenvalue weighted by Crippen LogP contribution is 2.61. The minimum atomic E-state index is -0.352. The Morgan fingerprint density at radius 2 is 1.97 bits per heavy atom. The fraction of sp³-hybridized carbons (Fsp3) is 0.387. The van der Waals surface area contributed by atoms with E-state index in [-0.39, 0.29) is 23.0 Å². The van der Waals surface area contributed by atoms with Crippen molar-refractivity contribution >= 4 is 16.5 Å². The zero-order valence-corrected chi connectivity index (χ0v) is 22.1. The summed E-state index contributed by atoms with van der Waals surface area (Å²) in [6.07, 6.45) is 4.70. The van der Waals surface area contributed by atoms with Crippen LogP contribution in [0.1, 0.15) is 43.3 Å². The Kier molecular flexibility index (Phi) is 6.29. The lowest BCUT2D eigenvalue weighted by molar-refractivity contribution is -0.0585. The van der Waals surface area contributed by atoms with Gasteiger partial charge >= 0.3 is 0 Å². The normalized spacial score (nSPS) is 26.1. The van der Waals surface area contributed by atoms with Crippen LogP contribution in [0.3, 0.4) is 0 Å². The second-order valence-corrected chi connectivity index (χ2v) is 10.6. The third-order valence-electron chi connectivity index (χ3n) is 8.25. The Bertz CT molecular complexity index is 1410. The van der Waals surface area contributed by atoms with Crippen molar-refractivity contribution in [3.05, 3.63) is 84.5 Å². The van der Waals surface area contributed by atoms with Gasteiger partial charge in [-0.25, -0.2) is 4.98 Å². The quantitative estimate of drug-likeness (QED) is 0.343. The molecule has 4 atom stereocenters. The predicted octanol–water partition coefficient (Wildman–Crippen LogP) is 6.28. The lowest BCUT2D eigenvalue weighted by atomic mass is 9.65. The number of ether oxygens (including phenoxy) is 2. The van der Waals surface area contributed by atoms with Crippen LogP contribution in [0.5, 0.6) is 5.88 Å². The number of rotatable bonds is 8. The van der Waals surface area contributed by atoms with Gasteiger partial charge < -0.3 is 14.4 Å². The van der Waals surface area contributed by atoms with Crippen molar-refractivity contribution in [2.75, 3.05) is 18.6 Å². The predicted molar refractivity (Wildman–Crippen MR) is 146 cm³/mol. The van der Waals surface area contributed by atoms with E-state index in [2.05, 4.69) is 54.1 Å². The molecular formula is C31H34N4O2. The van der Waals surface area contributed by atoms with Gasteiger partial charge in [-0.3, -0.25) is 0 Å². The molecule has 0 N–H and O–H groups in total. The average molecular weight is 495 g/mol. The second kappa shape index (κ2) is 9.32. The maximum absolute atomic E-state index is 9.59. The van der Waals surface area contributed by atoms with Crippen molar-refractivity contribution in [1.82, 2.24) is 9.97 Å². The van der Waals surface area contributed by atoms with Crippen molar-refractivity contribution in [2.45, 2.75) is 51.2 Å². The fourth-order valence-electron chi connectivity index (χ4n) is 6.54. The molecule has 2 aromatic carbocycles. The summed E-state index contributed by atoms with van der Waals surface area (Å²) in [5.41, 5.74) is 2.90. The number of fused-ring (bicyclic) bond motifs is 3. The van der Waals surface area contributed by atoms with Crippen LogP contribution in [0.4, 0.5) is 5.69 Å². The first-order valence-corrected chi connectivity index (χ1v) is 12.8. The molecule has 5 rings (SSSR count). The van der Waals surface area contributed by atoms with Crippen LogP contribution in [0, 0.1) is 37.0 Å². The first kappa shape index (κ1) is 25.0. The molecule has 37 heavy (non-hydrogen) atoms. The van der Waals surface area contributed by atoms with E-state index < -0.39 is 0 Å². The van der Waals surface area contributed by atoms with Crippen LogP contribution in [-0.4, -0.2) is 34.8 Å². The molecule has 3 heterocycles. The van der Waals surface area contributed by atoms with Crippen molar-refractivity contribution in [2.24, 2.45) is 11.8 Å². The zero-order valence-electron chi connectivity index (χ0n) is 22.1. The molecule has 0 unspecified atom stereocenters. The summed E-state index contributed by atoms with van der Waals surface area (Å²) in [6.45, 7) is 15.3. The van der Waals surface area contributed by atoms with E-state index in [1.165, 1.54) is 0 Å². The molecule has 2 saturated heterocycles. The van der Waals surface area contributed by atoms with Crippen molar-refractivity contribution < 1.29 is 9.47 Å². The van der Waals surface area contributed by atoms with Gasteiger partial charge in [0.05, 0.1) is 29.4 Å². The van der Waals surface area contributed by atoms with Gasteiger partial charge in [0.25, 0.3) is 0 Å². The number of hydrogen-bond donors (Lipinski definition) is 0. The number of hydrogen-bond acceptors (Lipinski definition) is 6. The van der Waals surface area contributed by atoms with E-state index in [1.807, 2.05) is 56.3 Å². The maximum Gasteiger partial charge on any atom is 0.216 e. The highest BCUT2D eigenvalue weighted by molar-refractivity contribution is 5.98. The summed E-state index contributed by atoms with van der Waals surface area (Å²) in [7, 11) is 2.06. The lowest BCUT2D eigenvalue weighted by Crippen LogP contribution is -2.43. The van der Waals surface area contributed by atoms with Gasteiger partial charge in [-0.2, -0.15) is 10.2 Å². The molecule has 3 aromatic rings. The Morgan fingerprint density at radius 1 is 1.22 bits per heavy atom. The molecule has 6 nitrogen and oxygen atoms in total. The van der Waals surface area contributed by atoms with Crippen molar-refractivity contribution in [3.63, 3.8) is 0 Å². The molecule has 2 aliphatic rings. The summed E-state index contributed by atoms with van der Waals surface area (Å²) < 4.78 is 12.9. The minimum absolute atomic E-state index is 0.0710. The van der Waals surface area contributed by atoms with Crippen LogP contribution in [-0.2, 0) is 4.74 Å². The number of nitriles is 1. The van der Waals surface area contributed by atoms with E-state index in [1.54, 1.807) is 0 Å². The van der Waals surface area contributed by atoms with E-state index >= 15 is 0 Å². The SMILES string of the molecule is C=C[C@@H]1[C@H](C(=C)N(C)c2ccc(C#N)c3ccccc23)[C@@]2(C)CC[C@]1(CCOc1cc(C)nc(C)n1)O2.